The van der Waals surface area contributed by atoms with Gasteiger partial charge in [-0.1, -0.05) is 133 Å². The Morgan fingerprint density at radius 1 is 0.571 bits per heavy atom. The van der Waals surface area contributed by atoms with Gasteiger partial charge < -0.3 is 5.11 Å². The molecule has 0 fully saturated rings. The smallest absolute Gasteiger partial charge is 0.336 e. The van der Waals surface area contributed by atoms with E-state index in [1.54, 1.807) is 107 Å². The first-order valence-corrected chi connectivity index (χ1v) is 27.1. The summed E-state index contributed by atoms with van der Waals surface area (Å²) in [6.45, 7) is 0. The van der Waals surface area contributed by atoms with Crippen LogP contribution in [0.5, 0.6) is 0 Å². The van der Waals surface area contributed by atoms with Gasteiger partial charge in [0.25, 0.3) is 17.0 Å². The molecule has 0 spiro atoms. The molecule has 0 atom stereocenters. The quantitative estimate of drug-likeness (QED) is 0.0964. The number of hydrogen-bond acceptors (Lipinski definition) is 5. The van der Waals surface area contributed by atoms with E-state index in [2.05, 4.69) is 102 Å². The molecule has 2 aromatic heterocycles. The highest BCUT2D eigenvalue weighted by Crippen LogP contribution is 2.30. The van der Waals surface area contributed by atoms with Crippen molar-refractivity contribution in [3.05, 3.63) is 214 Å². The van der Waals surface area contributed by atoms with Crippen LogP contribution in [0.25, 0.3) is 33.2 Å². The molecule has 9 rings (SSSR count). The second kappa shape index (κ2) is 25.3. The van der Waals surface area contributed by atoms with Gasteiger partial charge in [0, 0.05) is 47.1 Å². The number of nitrogens with one attached hydrogen (secondary N) is 3. The average molecular weight is 1540 g/mol. The summed E-state index contributed by atoms with van der Waals surface area (Å²) in [7, 11) is 1.70. The number of nitrogens with zero attached hydrogens (tertiary/aromatic N) is 3. The number of aromatic carboxylic acids is 1. The highest BCUT2D eigenvalue weighted by atomic mass is 127. The number of carbonyl (C=O) groups excluding carboxylic acids is 1. The molecule has 360 valence electrons. The van der Waals surface area contributed by atoms with Gasteiger partial charge >= 0.3 is 5.97 Å². The number of rotatable bonds is 6. The monoisotopic (exact) mass is 1540 g/mol. The Hall–Kier alpha value is -3.06. The van der Waals surface area contributed by atoms with Gasteiger partial charge in [-0.2, -0.15) is 0 Å². The third-order valence-electron chi connectivity index (χ3n) is 9.53. The standard InChI is InChI=1S/C14H9BrCl2N2O.C13H8BrCl2IN2O.C13H7BrCl2N2O.C7H4BrIO2/c1-18-14(20)10-4-2-8(15)6-12(10)19(18)13-7-9(16)3-5-11(13)17;14-7-1-3-9(11(17)5-7)13(20)19-18-12-6-8(15)2-4-10(12)16;14-7-1-3-9-11(5-7)18(17-13(9)19)12-6-8(15)2-4-10(12)16;8-4-1-2-5(7(10)11)6(9)3-4/h2-7H,1H3;1-6,18H,(H,19,20);1-6H,(H,17,19);1-3H,(H,10,11). The van der Waals surface area contributed by atoms with Crippen LogP contribution >= 0.6 is 179 Å². The van der Waals surface area contributed by atoms with Crippen molar-refractivity contribution < 1.29 is 14.7 Å². The Labute approximate surface area is 489 Å². The first-order valence-electron chi connectivity index (χ1n) is 19.5. The van der Waals surface area contributed by atoms with E-state index in [0.29, 0.717) is 69.1 Å². The topological polar surface area (TPSA) is 143 Å². The van der Waals surface area contributed by atoms with Crippen molar-refractivity contribution in [1.82, 2.24) is 24.6 Å². The Balaban J connectivity index is 0.000000156. The lowest BCUT2D eigenvalue weighted by Gasteiger charge is -2.11. The number of carbonyl (C=O) groups is 2. The van der Waals surface area contributed by atoms with Crippen molar-refractivity contribution in [2.45, 2.75) is 0 Å². The summed E-state index contributed by atoms with van der Waals surface area (Å²) >= 11 is 53.8. The third-order valence-corrected chi connectivity index (χ3v) is 15.0. The van der Waals surface area contributed by atoms with Crippen LogP contribution in [0.2, 0.25) is 30.1 Å². The average Bonchev–Trinajstić information content (AvgIpc) is 3.75. The number of hydrazine groups is 1. The molecule has 7 aromatic carbocycles. The molecule has 70 heavy (non-hydrogen) atoms. The zero-order chi connectivity index (χ0) is 51.1. The van der Waals surface area contributed by atoms with Gasteiger partial charge in [-0.25, -0.2) is 14.2 Å². The van der Waals surface area contributed by atoms with Crippen LogP contribution in [0.1, 0.15) is 20.7 Å². The number of H-pyrrole nitrogens is 1. The molecule has 0 unspecified atom stereocenters. The van der Waals surface area contributed by atoms with E-state index in [4.69, 9.17) is 74.7 Å². The van der Waals surface area contributed by atoms with Crippen LogP contribution in [-0.4, -0.2) is 36.1 Å². The summed E-state index contributed by atoms with van der Waals surface area (Å²) in [6.07, 6.45) is 0. The van der Waals surface area contributed by atoms with Crippen LogP contribution in [0.3, 0.4) is 0 Å². The molecule has 0 aliphatic heterocycles. The van der Waals surface area contributed by atoms with E-state index in [-0.39, 0.29) is 17.0 Å². The van der Waals surface area contributed by atoms with Crippen molar-refractivity contribution in [2.75, 3.05) is 5.43 Å². The number of hydrogen-bond donors (Lipinski definition) is 4. The fourth-order valence-corrected chi connectivity index (χ4v) is 11.2. The van der Waals surface area contributed by atoms with Crippen LogP contribution in [0.15, 0.2) is 155 Å². The predicted molar refractivity (Wildman–Crippen MR) is 316 cm³/mol. The minimum Gasteiger partial charge on any atom is -0.478 e. The van der Waals surface area contributed by atoms with Crippen LogP contribution in [-0.2, 0) is 7.05 Å². The van der Waals surface area contributed by atoms with Crippen molar-refractivity contribution >= 4 is 218 Å². The lowest BCUT2D eigenvalue weighted by atomic mass is 10.2. The fraction of sp³-hybridized carbons (Fsp3) is 0.0213. The van der Waals surface area contributed by atoms with Gasteiger partial charge in [0.2, 0.25) is 0 Å². The summed E-state index contributed by atoms with van der Waals surface area (Å²) in [5.41, 5.74) is 9.38. The summed E-state index contributed by atoms with van der Waals surface area (Å²) < 4.78 is 10.1. The molecule has 0 saturated heterocycles. The molecule has 1 amide bonds. The number of aromatic nitrogens is 4. The minimum absolute atomic E-state index is 0.0801. The number of carboxylic acids is 1. The molecule has 2 heterocycles. The summed E-state index contributed by atoms with van der Waals surface area (Å²) in [5, 5.41) is 15.8. The maximum Gasteiger partial charge on any atom is 0.336 e. The van der Waals surface area contributed by atoms with Gasteiger partial charge in [0.05, 0.1) is 65.1 Å². The Morgan fingerprint density at radius 3 is 1.61 bits per heavy atom. The molecule has 11 nitrogen and oxygen atoms in total. The second-order valence-electron chi connectivity index (χ2n) is 14.2. The minimum atomic E-state index is -0.887. The van der Waals surface area contributed by atoms with Gasteiger partial charge in [0.1, 0.15) is 0 Å². The van der Waals surface area contributed by atoms with Gasteiger partial charge in [0.15, 0.2) is 0 Å². The molecule has 0 bridgehead atoms. The third kappa shape index (κ3) is 14.2. The van der Waals surface area contributed by atoms with E-state index < -0.39 is 5.97 Å². The zero-order valence-corrected chi connectivity index (χ0v) is 50.3. The van der Waals surface area contributed by atoms with Crippen molar-refractivity contribution in [3.63, 3.8) is 0 Å². The normalized spacial score (nSPS) is 10.6. The maximum absolute atomic E-state index is 12.3. The number of amides is 1. The second-order valence-corrected chi connectivity index (χ2v) is 22.7. The lowest BCUT2D eigenvalue weighted by molar-refractivity contribution is 0.0695. The summed E-state index contributed by atoms with van der Waals surface area (Å²) in [4.78, 5) is 46.8. The van der Waals surface area contributed by atoms with Gasteiger partial charge in [-0.15, -0.1) is 0 Å². The van der Waals surface area contributed by atoms with Gasteiger partial charge in [-0.3, -0.25) is 35.0 Å². The van der Waals surface area contributed by atoms with E-state index in [9.17, 15) is 19.2 Å². The largest absolute Gasteiger partial charge is 0.478 e. The predicted octanol–water partition coefficient (Wildman–Crippen LogP) is 16.7. The molecule has 9 aromatic rings. The number of carboxylic acid groups (broad SMARTS) is 1. The first-order chi connectivity index (χ1) is 33.1. The fourth-order valence-electron chi connectivity index (χ4n) is 6.30. The SMILES string of the molecule is Cn1c(=O)c2ccc(Br)cc2n1-c1cc(Cl)ccc1Cl.O=C(NNc1cc(Cl)ccc1Cl)c1ccc(Br)cc1I.O=C(O)c1ccc(Br)cc1I.O=c1[nH]n(-c2cc(Cl)ccc2Cl)c2cc(Br)ccc12. The zero-order valence-electron chi connectivity index (χ0n) is 35.1. The van der Waals surface area contributed by atoms with E-state index in [0.717, 1.165) is 36.1 Å². The number of halogens is 12. The first kappa shape index (κ1) is 56.2. The van der Waals surface area contributed by atoms with Crippen LogP contribution in [0.4, 0.5) is 5.69 Å². The molecule has 0 aliphatic rings. The number of anilines is 1. The van der Waals surface area contributed by atoms with Crippen molar-refractivity contribution in [3.8, 4) is 11.4 Å². The molecule has 0 aliphatic carbocycles. The number of fused-ring (bicyclic) bond motifs is 2. The van der Waals surface area contributed by atoms with E-state index in [1.807, 2.05) is 59.0 Å². The molecular weight excluding hydrogens is 1510 g/mol. The highest BCUT2D eigenvalue weighted by molar-refractivity contribution is 14.1. The summed E-state index contributed by atoms with van der Waals surface area (Å²) in [5.74, 6) is -1.14. The van der Waals surface area contributed by atoms with Crippen molar-refractivity contribution in [2.24, 2.45) is 7.05 Å². The highest BCUT2D eigenvalue weighted by Gasteiger charge is 2.16. The Kier molecular flexibility index (Phi) is 20.3. The van der Waals surface area contributed by atoms with E-state index in [1.165, 1.54) is 4.68 Å². The molecular formula is C47H28Br4Cl6I2N6O5. The van der Waals surface area contributed by atoms with Crippen molar-refractivity contribution in [1.29, 1.82) is 0 Å². The van der Waals surface area contributed by atoms with Crippen LogP contribution < -0.4 is 22.0 Å². The van der Waals surface area contributed by atoms with E-state index >= 15 is 0 Å². The molecule has 23 heteroatoms. The maximum atomic E-state index is 12.3. The summed E-state index contributed by atoms with van der Waals surface area (Å²) in [6, 6.07) is 36.7. The molecule has 0 radical (unpaired) electrons. The Bertz CT molecular complexity index is 3590. The van der Waals surface area contributed by atoms with Crippen LogP contribution in [0, 0.1) is 7.14 Å². The lowest BCUT2D eigenvalue weighted by Crippen LogP contribution is -2.30. The van der Waals surface area contributed by atoms with Gasteiger partial charge in [-0.05, 0) is 173 Å². The molecule has 4 N–H and O–H groups in total. The number of benzene rings is 7. The number of aromatic amines is 1. The molecule has 0 saturated carbocycles. The Morgan fingerprint density at radius 2 is 1.04 bits per heavy atom.